The second-order valence-corrected chi connectivity index (χ2v) is 6.57. The van der Waals surface area contributed by atoms with E-state index in [4.69, 9.17) is 4.52 Å². The van der Waals surface area contributed by atoms with Crippen LogP contribution >= 0.6 is 0 Å². The van der Waals surface area contributed by atoms with Crippen molar-refractivity contribution in [1.82, 2.24) is 20.4 Å². The van der Waals surface area contributed by atoms with E-state index >= 15 is 0 Å². The smallest absolute Gasteiger partial charge is 0.317 e. The number of benzene rings is 1. The van der Waals surface area contributed by atoms with E-state index in [9.17, 15) is 4.79 Å². The Kier molecular flexibility index (Phi) is 5.13. The molecule has 0 atom stereocenters. The number of carbonyl (C=O) groups excluding carboxylic acids is 1. The molecule has 1 aromatic carbocycles. The van der Waals surface area contributed by atoms with Crippen molar-refractivity contribution in [3.8, 4) is 0 Å². The van der Waals surface area contributed by atoms with Crippen molar-refractivity contribution in [3.05, 3.63) is 47.6 Å². The molecule has 3 rings (SSSR count). The molecule has 0 bridgehead atoms. The van der Waals surface area contributed by atoms with E-state index in [1.165, 1.54) is 5.56 Å². The molecule has 2 heterocycles. The molecule has 0 radical (unpaired) electrons. The van der Waals surface area contributed by atoms with Crippen LogP contribution in [-0.4, -0.2) is 40.7 Å². The van der Waals surface area contributed by atoms with Crippen molar-refractivity contribution in [2.75, 3.05) is 19.6 Å². The Morgan fingerprint density at radius 3 is 2.75 bits per heavy atom. The molecular formula is C18H24N4O2. The van der Waals surface area contributed by atoms with Crippen LogP contribution < -0.4 is 5.32 Å². The third-order valence-corrected chi connectivity index (χ3v) is 4.25. The molecule has 1 aliphatic heterocycles. The number of hydrogen-bond acceptors (Lipinski definition) is 4. The largest absolute Gasteiger partial charge is 0.339 e. The molecule has 1 aliphatic rings. The lowest BCUT2D eigenvalue weighted by molar-refractivity contribution is 0.137. The van der Waals surface area contributed by atoms with Gasteiger partial charge in [-0.2, -0.15) is 4.98 Å². The summed E-state index contributed by atoms with van der Waals surface area (Å²) in [5, 5.41) is 6.94. The first-order valence-corrected chi connectivity index (χ1v) is 8.53. The van der Waals surface area contributed by atoms with Gasteiger partial charge >= 0.3 is 6.03 Å². The van der Waals surface area contributed by atoms with Gasteiger partial charge in [-0.1, -0.05) is 49.3 Å². The van der Waals surface area contributed by atoms with Crippen LogP contribution in [0.3, 0.4) is 0 Å². The van der Waals surface area contributed by atoms with Gasteiger partial charge in [-0.3, -0.25) is 0 Å². The number of amides is 2. The minimum Gasteiger partial charge on any atom is -0.339 e. The summed E-state index contributed by atoms with van der Waals surface area (Å²) in [5.74, 6) is 1.80. The maximum atomic E-state index is 12.1. The van der Waals surface area contributed by atoms with Gasteiger partial charge < -0.3 is 14.7 Å². The lowest BCUT2D eigenvalue weighted by atomic mass is 10.0. The standard InChI is InChI=1S/C18H24N4O2/c1-13(2)16-20-17(24-21-16)15-11-22(12-15)18(23)19-10-6-9-14-7-4-3-5-8-14/h3-5,7-8,13,15H,6,9-12H2,1-2H3,(H,19,23). The van der Waals surface area contributed by atoms with E-state index < -0.39 is 0 Å². The summed E-state index contributed by atoms with van der Waals surface area (Å²) in [6.07, 6.45) is 1.91. The van der Waals surface area contributed by atoms with E-state index in [1.54, 1.807) is 4.90 Å². The second-order valence-electron chi connectivity index (χ2n) is 6.57. The highest BCUT2D eigenvalue weighted by Crippen LogP contribution is 2.26. The van der Waals surface area contributed by atoms with Gasteiger partial charge in [0.2, 0.25) is 5.89 Å². The predicted octanol–water partition coefficient (Wildman–Crippen LogP) is 2.93. The Bertz CT molecular complexity index is 663. The fourth-order valence-corrected chi connectivity index (χ4v) is 2.69. The molecule has 1 aromatic heterocycles. The molecule has 2 amide bonds. The van der Waals surface area contributed by atoms with Crippen LogP contribution in [0.25, 0.3) is 0 Å². The number of hydrogen-bond donors (Lipinski definition) is 1. The van der Waals surface area contributed by atoms with Crippen LogP contribution in [0.2, 0.25) is 0 Å². The molecule has 2 aromatic rings. The third kappa shape index (κ3) is 3.93. The van der Waals surface area contributed by atoms with Crippen LogP contribution in [-0.2, 0) is 6.42 Å². The van der Waals surface area contributed by atoms with Gasteiger partial charge in [-0.25, -0.2) is 4.79 Å². The maximum Gasteiger partial charge on any atom is 0.317 e. The fourth-order valence-electron chi connectivity index (χ4n) is 2.69. The number of aromatic nitrogens is 2. The summed E-state index contributed by atoms with van der Waals surface area (Å²) in [7, 11) is 0. The maximum absolute atomic E-state index is 12.1. The molecule has 1 N–H and O–H groups in total. The van der Waals surface area contributed by atoms with E-state index in [2.05, 4.69) is 27.6 Å². The van der Waals surface area contributed by atoms with Crippen molar-refractivity contribution < 1.29 is 9.32 Å². The number of urea groups is 1. The van der Waals surface area contributed by atoms with Gasteiger partial charge in [0.15, 0.2) is 5.82 Å². The van der Waals surface area contributed by atoms with Gasteiger partial charge in [0.1, 0.15) is 0 Å². The van der Waals surface area contributed by atoms with Gasteiger partial charge in [-0.15, -0.1) is 0 Å². The fraction of sp³-hybridized carbons (Fsp3) is 0.500. The van der Waals surface area contributed by atoms with Gasteiger partial charge in [0, 0.05) is 25.6 Å². The highest BCUT2D eigenvalue weighted by Gasteiger charge is 2.35. The summed E-state index contributed by atoms with van der Waals surface area (Å²) in [5.41, 5.74) is 1.30. The van der Waals surface area contributed by atoms with Crippen molar-refractivity contribution in [1.29, 1.82) is 0 Å². The molecule has 0 unspecified atom stereocenters. The minimum absolute atomic E-state index is 0.0112. The number of nitrogens with zero attached hydrogens (tertiary/aromatic N) is 3. The van der Waals surface area contributed by atoms with E-state index in [1.807, 2.05) is 32.0 Å². The molecule has 1 saturated heterocycles. The highest BCUT2D eigenvalue weighted by molar-refractivity contribution is 5.75. The van der Waals surface area contributed by atoms with E-state index in [0.717, 1.165) is 18.7 Å². The van der Waals surface area contributed by atoms with Crippen LogP contribution in [0.4, 0.5) is 4.79 Å². The number of nitrogens with one attached hydrogen (secondary N) is 1. The number of likely N-dealkylation sites (tertiary alicyclic amines) is 1. The van der Waals surface area contributed by atoms with Crippen LogP contribution in [0.15, 0.2) is 34.9 Å². The quantitative estimate of drug-likeness (QED) is 0.828. The summed E-state index contributed by atoms with van der Waals surface area (Å²) >= 11 is 0. The Balaban J connectivity index is 1.35. The van der Waals surface area contributed by atoms with Crippen molar-refractivity contribution >= 4 is 6.03 Å². The highest BCUT2D eigenvalue weighted by atomic mass is 16.5. The second kappa shape index (κ2) is 7.47. The lowest BCUT2D eigenvalue weighted by Crippen LogP contribution is -2.52. The Hall–Kier alpha value is -2.37. The molecule has 0 saturated carbocycles. The van der Waals surface area contributed by atoms with E-state index in [0.29, 0.717) is 25.5 Å². The van der Waals surface area contributed by atoms with Gasteiger partial charge in [0.05, 0.1) is 5.92 Å². The SMILES string of the molecule is CC(C)c1noc(C2CN(C(=O)NCCCc3ccccc3)C2)n1. The summed E-state index contributed by atoms with van der Waals surface area (Å²) in [4.78, 5) is 18.3. The average Bonchev–Trinajstić information content (AvgIpc) is 3.01. The first-order valence-electron chi connectivity index (χ1n) is 8.53. The van der Waals surface area contributed by atoms with Crippen molar-refractivity contribution in [3.63, 3.8) is 0 Å². The van der Waals surface area contributed by atoms with Gasteiger partial charge in [-0.05, 0) is 18.4 Å². The first-order chi connectivity index (χ1) is 11.6. The zero-order valence-corrected chi connectivity index (χ0v) is 14.2. The zero-order chi connectivity index (χ0) is 16.9. The summed E-state index contributed by atoms with van der Waals surface area (Å²) in [6.45, 7) is 6.04. The molecule has 24 heavy (non-hydrogen) atoms. The van der Waals surface area contributed by atoms with Crippen LogP contribution in [0.5, 0.6) is 0 Å². The Morgan fingerprint density at radius 2 is 2.08 bits per heavy atom. The van der Waals surface area contributed by atoms with Crippen molar-refractivity contribution in [2.45, 2.75) is 38.5 Å². The topological polar surface area (TPSA) is 71.3 Å². The minimum atomic E-state index is -0.0112. The average molecular weight is 328 g/mol. The number of rotatable bonds is 6. The molecule has 1 fully saturated rings. The summed E-state index contributed by atoms with van der Waals surface area (Å²) < 4.78 is 5.29. The Morgan fingerprint density at radius 1 is 1.33 bits per heavy atom. The first kappa shape index (κ1) is 16.5. The number of aryl methyl sites for hydroxylation is 1. The molecule has 0 aliphatic carbocycles. The third-order valence-electron chi connectivity index (χ3n) is 4.25. The van der Waals surface area contributed by atoms with Crippen molar-refractivity contribution in [2.24, 2.45) is 0 Å². The molecule has 6 heteroatoms. The monoisotopic (exact) mass is 328 g/mol. The van der Waals surface area contributed by atoms with Crippen LogP contribution in [0.1, 0.15) is 49.4 Å². The normalized spacial score (nSPS) is 14.7. The van der Waals surface area contributed by atoms with Crippen LogP contribution in [0, 0.1) is 0 Å². The Labute approximate surface area is 142 Å². The van der Waals surface area contributed by atoms with Gasteiger partial charge in [0.25, 0.3) is 0 Å². The summed E-state index contributed by atoms with van der Waals surface area (Å²) in [6, 6.07) is 10.3. The zero-order valence-electron chi connectivity index (χ0n) is 14.2. The molecule has 6 nitrogen and oxygen atoms in total. The molecule has 128 valence electrons. The number of carbonyl (C=O) groups is 1. The molecular weight excluding hydrogens is 304 g/mol. The lowest BCUT2D eigenvalue weighted by Gasteiger charge is -2.36. The van der Waals surface area contributed by atoms with E-state index in [-0.39, 0.29) is 17.9 Å². The predicted molar refractivity (Wildman–Crippen MR) is 90.9 cm³/mol. The molecule has 0 spiro atoms.